The largest absolute Gasteiger partial charge is 0.394 e. The van der Waals surface area contributed by atoms with Gasteiger partial charge in [0.1, 0.15) is 36.6 Å². The molecule has 1 rings (SSSR count). The number of nitrogens with one attached hydrogen (secondary N) is 1. The number of ether oxygens (including phenoxy) is 2. The normalized spacial score (nSPS) is 20.5. The van der Waals surface area contributed by atoms with E-state index in [1.807, 2.05) is 0 Å². The molecule has 0 saturated carbocycles. The molecule has 8 N–H and O–H groups in total. The Bertz CT molecular complexity index is 1290. The Labute approximate surface area is 434 Å². The molecular formula is C60H111NO10. The molecule has 1 fully saturated rings. The Morgan fingerprint density at radius 2 is 0.845 bits per heavy atom. The SMILES string of the molecule is CCCCCCCCCCCC/C=C\CCCCCCCCC(O)C(=O)NC(COC1OC(CO)C(O)C(O)C1O)C(O)C(O)CCC/C=C/CC/C=C/CC/C=C/CCCCCCCCCCCCC. The van der Waals surface area contributed by atoms with E-state index in [1.165, 1.54) is 148 Å². The van der Waals surface area contributed by atoms with E-state index in [0.29, 0.717) is 19.3 Å². The fourth-order valence-corrected chi connectivity index (χ4v) is 9.23. The van der Waals surface area contributed by atoms with E-state index in [2.05, 4.69) is 67.8 Å². The number of amides is 1. The average Bonchev–Trinajstić information content (AvgIpc) is 3.37. The Morgan fingerprint density at radius 1 is 0.479 bits per heavy atom. The molecule has 1 aliphatic heterocycles. The van der Waals surface area contributed by atoms with Crippen molar-refractivity contribution in [2.45, 2.75) is 313 Å². The van der Waals surface area contributed by atoms with Gasteiger partial charge in [0, 0.05) is 0 Å². The number of hydrogen-bond acceptors (Lipinski definition) is 10. The van der Waals surface area contributed by atoms with Crippen LogP contribution in [0.4, 0.5) is 0 Å². The highest BCUT2D eigenvalue weighted by atomic mass is 16.7. The fraction of sp³-hybridized carbons (Fsp3) is 0.850. The van der Waals surface area contributed by atoms with Gasteiger partial charge in [-0.25, -0.2) is 0 Å². The first-order valence-electron chi connectivity index (χ1n) is 29.5. The van der Waals surface area contributed by atoms with Crippen LogP contribution in [0, 0.1) is 0 Å². The molecule has 416 valence electrons. The molecule has 1 aliphatic rings. The summed E-state index contributed by atoms with van der Waals surface area (Å²) in [6.45, 7) is 3.45. The first-order valence-corrected chi connectivity index (χ1v) is 29.5. The maximum absolute atomic E-state index is 13.2. The lowest BCUT2D eigenvalue weighted by molar-refractivity contribution is -0.303. The number of aliphatic hydroxyl groups excluding tert-OH is 7. The molecule has 9 unspecified atom stereocenters. The third-order valence-corrected chi connectivity index (χ3v) is 14.1. The van der Waals surface area contributed by atoms with Crippen LogP contribution < -0.4 is 5.32 Å². The highest BCUT2D eigenvalue weighted by Gasteiger charge is 2.44. The molecule has 1 heterocycles. The predicted molar refractivity (Wildman–Crippen MR) is 293 cm³/mol. The molecule has 71 heavy (non-hydrogen) atoms. The van der Waals surface area contributed by atoms with Crippen LogP contribution in [0.3, 0.4) is 0 Å². The molecule has 0 spiro atoms. The van der Waals surface area contributed by atoms with Crippen LogP contribution >= 0.6 is 0 Å². The van der Waals surface area contributed by atoms with Gasteiger partial charge in [-0.1, -0.05) is 217 Å². The highest BCUT2D eigenvalue weighted by Crippen LogP contribution is 2.23. The van der Waals surface area contributed by atoms with Gasteiger partial charge in [-0.3, -0.25) is 4.79 Å². The van der Waals surface area contributed by atoms with Crippen LogP contribution in [0.25, 0.3) is 0 Å². The maximum Gasteiger partial charge on any atom is 0.249 e. The molecule has 0 aliphatic carbocycles. The summed E-state index contributed by atoms with van der Waals surface area (Å²) in [6, 6.07) is -1.20. The zero-order valence-corrected chi connectivity index (χ0v) is 45.5. The molecule has 9 atom stereocenters. The number of aliphatic hydroxyl groups is 7. The van der Waals surface area contributed by atoms with Crippen LogP contribution in [0.2, 0.25) is 0 Å². The van der Waals surface area contributed by atoms with Gasteiger partial charge >= 0.3 is 0 Å². The zero-order chi connectivity index (χ0) is 51.8. The summed E-state index contributed by atoms with van der Waals surface area (Å²) in [6.07, 6.45) is 50.2. The number of carbonyl (C=O) groups excluding carboxylic acids is 1. The summed E-state index contributed by atoms with van der Waals surface area (Å²) < 4.78 is 11.1. The molecular weight excluding hydrogens is 895 g/mol. The van der Waals surface area contributed by atoms with Crippen LogP contribution in [0.1, 0.15) is 258 Å². The van der Waals surface area contributed by atoms with Crippen LogP contribution in [0.5, 0.6) is 0 Å². The van der Waals surface area contributed by atoms with Crippen molar-refractivity contribution < 1.29 is 50.0 Å². The van der Waals surface area contributed by atoms with Crippen molar-refractivity contribution in [2.75, 3.05) is 13.2 Å². The Kier molecular flexibility index (Phi) is 46.3. The second kappa shape index (κ2) is 49.0. The maximum atomic E-state index is 13.2. The molecule has 11 nitrogen and oxygen atoms in total. The Morgan fingerprint density at radius 3 is 1.25 bits per heavy atom. The standard InChI is InChI=1S/C60H111NO10/c1-3-5-7-9-11-13-15-17-19-21-23-25-26-27-28-30-31-33-35-37-39-41-43-45-47-52(63)55(65)51(50-70-60-58(68)57(67)56(66)54(49-62)71-60)61-59(69)53(64)48-46-44-42-40-38-36-34-32-29-24-22-20-18-16-14-12-10-8-6-4-2/h26-27,29,31-33,39,41,51-58,60,62-68H,3-25,28,30,34-38,40,42-50H2,1-2H3,(H,61,69)/b27-26+,32-29-,33-31+,41-39+. The number of hydrogen-bond donors (Lipinski definition) is 8. The first-order chi connectivity index (χ1) is 34.7. The van der Waals surface area contributed by atoms with Gasteiger partial charge in [0.05, 0.1) is 25.4 Å². The van der Waals surface area contributed by atoms with Gasteiger partial charge in [-0.2, -0.15) is 0 Å². The van der Waals surface area contributed by atoms with Crippen LogP contribution in [-0.2, 0) is 14.3 Å². The van der Waals surface area contributed by atoms with Crippen LogP contribution in [0.15, 0.2) is 48.6 Å². The second-order valence-electron chi connectivity index (χ2n) is 20.7. The van der Waals surface area contributed by atoms with E-state index in [1.54, 1.807) is 0 Å². The lowest BCUT2D eigenvalue weighted by Crippen LogP contribution is -2.60. The summed E-state index contributed by atoms with van der Waals surface area (Å²) in [7, 11) is 0. The molecule has 0 bridgehead atoms. The lowest BCUT2D eigenvalue weighted by Gasteiger charge is -2.40. The predicted octanol–water partition coefficient (Wildman–Crippen LogP) is 12.5. The summed E-state index contributed by atoms with van der Waals surface area (Å²) in [5, 5.41) is 76.1. The van der Waals surface area contributed by atoms with Crippen molar-refractivity contribution in [2.24, 2.45) is 0 Å². The van der Waals surface area contributed by atoms with Gasteiger partial charge in [0.15, 0.2) is 6.29 Å². The minimum atomic E-state index is -1.68. The van der Waals surface area contributed by atoms with Gasteiger partial charge in [-0.15, -0.1) is 0 Å². The van der Waals surface area contributed by atoms with E-state index in [9.17, 15) is 40.5 Å². The van der Waals surface area contributed by atoms with Crippen molar-refractivity contribution in [3.8, 4) is 0 Å². The van der Waals surface area contributed by atoms with Crippen molar-refractivity contribution in [1.29, 1.82) is 0 Å². The van der Waals surface area contributed by atoms with Crippen molar-refractivity contribution in [1.82, 2.24) is 5.32 Å². The van der Waals surface area contributed by atoms with E-state index in [4.69, 9.17) is 9.47 Å². The number of rotatable bonds is 50. The van der Waals surface area contributed by atoms with Gasteiger partial charge in [-0.05, 0) is 89.9 Å². The Hall–Kier alpha value is -1.93. The van der Waals surface area contributed by atoms with Gasteiger partial charge in [0.25, 0.3) is 0 Å². The molecule has 1 amide bonds. The van der Waals surface area contributed by atoms with Crippen molar-refractivity contribution >= 4 is 5.91 Å². The third kappa shape index (κ3) is 37.5. The molecule has 0 aromatic rings. The summed E-state index contributed by atoms with van der Waals surface area (Å²) in [4.78, 5) is 13.2. The molecule has 0 aromatic carbocycles. The Balaban J connectivity index is 2.36. The number of unbranched alkanes of at least 4 members (excludes halogenated alkanes) is 30. The monoisotopic (exact) mass is 1010 g/mol. The first kappa shape index (κ1) is 67.1. The van der Waals surface area contributed by atoms with E-state index < -0.39 is 74.2 Å². The van der Waals surface area contributed by atoms with Crippen LogP contribution in [-0.4, -0.2) is 110 Å². The summed E-state index contributed by atoms with van der Waals surface area (Å²) in [5.74, 6) is -0.716. The molecule has 0 radical (unpaired) electrons. The third-order valence-electron chi connectivity index (χ3n) is 14.1. The van der Waals surface area contributed by atoms with E-state index in [0.717, 1.165) is 64.2 Å². The second-order valence-corrected chi connectivity index (χ2v) is 20.7. The lowest BCUT2D eigenvalue weighted by atomic mass is 9.98. The minimum Gasteiger partial charge on any atom is -0.394 e. The minimum absolute atomic E-state index is 0.239. The molecule has 1 saturated heterocycles. The van der Waals surface area contributed by atoms with E-state index >= 15 is 0 Å². The van der Waals surface area contributed by atoms with E-state index in [-0.39, 0.29) is 12.8 Å². The number of allylic oxidation sites excluding steroid dienone is 8. The average molecular weight is 1010 g/mol. The topological polar surface area (TPSA) is 189 Å². The number of carbonyl (C=O) groups is 1. The fourth-order valence-electron chi connectivity index (χ4n) is 9.23. The smallest absolute Gasteiger partial charge is 0.249 e. The molecule has 0 aromatic heterocycles. The summed E-state index contributed by atoms with van der Waals surface area (Å²) in [5.41, 5.74) is 0. The van der Waals surface area contributed by atoms with Crippen molar-refractivity contribution in [3.63, 3.8) is 0 Å². The highest BCUT2D eigenvalue weighted by molar-refractivity contribution is 5.80. The van der Waals surface area contributed by atoms with Gasteiger partial charge < -0.3 is 50.5 Å². The molecule has 11 heteroatoms. The zero-order valence-electron chi connectivity index (χ0n) is 45.5. The van der Waals surface area contributed by atoms with Crippen molar-refractivity contribution in [3.05, 3.63) is 48.6 Å². The quantitative estimate of drug-likeness (QED) is 0.0215. The summed E-state index contributed by atoms with van der Waals surface area (Å²) >= 11 is 0. The van der Waals surface area contributed by atoms with Gasteiger partial charge in [0.2, 0.25) is 5.91 Å².